The lowest BCUT2D eigenvalue weighted by molar-refractivity contribution is 0.0696. The van der Waals surface area contributed by atoms with Crippen molar-refractivity contribution < 1.29 is 9.90 Å². The van der Waals surface area contributed by atoms with Crippen LogP contribution in [0, 0.1) is 6.92 Å². The molecule has 13 heavy (non-hydrogen) atoms. The SMILES string of the molecule is Cc1c(C(=O)O)ccc2cc[nH]c12. The van der Waals surface area contributed by atoms with E-state index in [-0.39, 0.29) is 0 Å². The third-order valence-electron chi connectivity index (χ3n) is 2.22. The summed E-state index contributed by atoms with van der Waals surface area (Å²) in [5, 5.41) is 9.89. The van der Waals surface area contributed by atoms with Crippen molar-refractivity contribution in [3.63, 3.8) is 0 Å². The van der Waals surface area contributed by atoms with Crippen LogP contribution in [0.25, 0.3) is 10.9 Å². The molecule has 0 fully saturated rings. The van der Waals surface area contributed by atoms with Gasteiger partial charge >= 0.3 is 5.97 Å². The standard InChI is InChI=1S/C10H9NO2/c1-6-8(10(12)13)3-2-7-4-5-11-9(6)7/h2-5,11H,1H3,(H,12,13). The molecule has 0 saturated carbocycles. The van der Waals surface area contributed by atoms with Crippen LogP contribution in [-0.4, -0.2) is 16.1 Å². The Labute approximate surface area is 75.0 Å². The van der Waals surface area contributed by atoms with Gasteiger partial charge in [0.2, 0.25) is 0 Å². The molecule has 0 bridgehead atoms. The minimum Gasteiger partial charge on any atom is -0.478 e. The number of carboxylic acids is 1. The van der Waals surface area contributed by atoms with Gasteiger partial charge in [-0.05, 0) is 30.0 Å². The van der Waals surface area contributed by atoms with E-state index in [4.69, 9.17) is 5.11 Å². The minimum atomic E-state index is -0.881. The fourth-order valence-corrected chi connectivity index (χ4v) is 1.51. The number of hydrogen-bond acceptors (Lipinski definition) is 1. The topological polar surface area (TPSA) is 53.1 Å². The van der Waals surface area contributed by atoms with Crippen molar-refractivity contribution in [2.45, 2.75) is 6.92 Å². The van der Waals surface area contributed by atoms with Crippen molar-refractivity contribution in [2.75, 3.05) is 0 Å². The third-order valence-corrected chi connectivity index (χ3v) is 2.22. The van der Waals surface area contributed by atoms with Gasteiger partial charge in [-0.3, -0.25) is 0 Å². The van der Waals surface area contributed by atoms with Crippen LogP contribution in [0.4, 0.5) is 0 Å². The van der Waals surface area contributed by atoms with E-state index < -0.39 is 5.97 Å². The molecule has 0 radical (unpaired) electrons. The molecule has 2 N–H and O–H groups in total. The van der Waals surface area contributed by atoms with Gasteiger partial charge < -0.3 is 10.1 Å². The molecule has 0 aliphatic carbocycles. The number of H-pyrrole nitrogens is 1. The highest BCUT2D eigenvalue weighted by atomic mass is 16.4. The maximum absolute atomic E-state index is 10.8. The summed E-state index contributed by atoms with van der Waals surface area (Å²) >= 11 is 0. The highest BCUT2D eigenvalue weighted by molar-refractivity contribution is 5.96. The van der Waals surface area contributed by atoms with E-state index >= 15 is 0 Å². The van der Waals surface area contributed by atoms with Crippen molar-refractivity contribution >= 4 is 16.9 Å². The second-order valence-electron chi connectivity index (χ2n) is 2.99. The fourth-order valence-electron chi connectivity index (χ4n) is 1.51. The van der Waals surface area contributed by atoms with Crippen LogP contribution < -0.4 is 0 Å². The molecule has 0 atom stereocenters. The normalized spacial score (nSPS) is 10.5. The van der Waals surface area contributed by atoms with Crippen molar-refractivity contribution in [1.82, 2.24) is 4.98 Å². The molecule has 1 heterocycles. The average molecular weight is 175 g/mol. The van der Waals surface area contributed by atoms with Crippen LogP contribution >= 0.6 is 0 Å². The van der Waals surface area contributed by atoms with Gasteiger partial charge in [-0.15, -0.1) is 0 Å². The Kier molecular flexibility index (Phi) is 1.59. The monoisotopic (exact) mass is 175 g/mol. The summed E-state index contributed by atoms with van der Waals surface area (Å²) < 4.78 is 0. The van der Waals surface area contributed by atoms with Gasteiger partial charge in [0.25, 0.3) is 0 Å². The first-order chi connectivity index (χ1) is 6.20. The number of carbonyl (C=O) groups is 1. The molecular formula is C10H9NO2. The second-order valence-corrected chi connectivity index (χ2v) is 2.99. The number of rotatable bonds is 1. The van der Waals surface area contributed by atoms with Gasteiger partial charge in [-0.2, -0.15) is 0 Å². The van der Waals surface area contributed by atoms with Crippen LogP contribution in [-0.2, 0) is 0 Å². The second kappa shape index (κ2) is 2.62. The molecule has 3 heteroatoms. The van der Waals surface area contributed by atoms with Crippen molar-refractivity contribution in [1.29, 1.82) is 0 Å². The zero-order valence-electron chi connectivity index (χ0n) is 7.16. The van der Waals surface area contributed by atoms with E-state index in [2.05, 4.69) is 4.98 Å². The van der Waals surface area contributed by atoms with E-state index in [1.54, 1.807) is 6.07 Å². The van der Waals surface area contributed by atoms with Crippen LogP contribution in [0.3, 0.4) is 0 Å². The molecule has 0 spiro atoms. The summed E-state index contributed by atoms with van der Waals surface area (Å²) in [5.41, 5.74) is 2.05. The molecule has 3 nitrogen and oxygen atoms in total. The third kappa shape index (κ3) is 1.09. The van der Waals surface area contributed by atoms with Crippen molar-refractivity contribution in [2.24, 2.45) is 0 Å². The average Bonchev–Trinajstić information content (AvgIpc) is 2.52. The summed E-state index contributed by atoms with van der Waals surface area (Å²) in [6.07, 6.45) is 1.81. The van der Waals surface area contributed by atoms with Gasteiger partial charge in [-0.25, -0.2) is 4.79 Å². The molecule has 1 aromatic carbocycles. The molecular weight excluding hydrogens is 166 g/mol. The van der Waals surface area contributed by atoms with Crippen LogP contribution in [0.5, 0.6) is 0 Å². The molecule has 66 valence electrons. The number of fused-ring (bicyclic) bond motifs is 1. The predicted octanol–water partition coefficient (Wildman–Crippen LogP) is 2.17. The van der Waals surface area contributed by atoms with E-state index in [9.17, 15) is 4.79 Å². The summed E-state index contributed by atoms with van der Waals surface area (Å²) in [6.45, 7) is 1.81. The zero-order chi connectivity index (χ0) is 9.42. The van der Waals surface area contributed by atoms with E-state index in [1.165, 1.54) is 0 Å². The largest absolute Gasteiger partial charge is 0.478 e. The quantitative estimate of drug-likeness (QED) is 0.697. The predicted molar refractivity (Wildman–Crippen MR) is 50.0 cm³/mol. The first-order valence-corrected chi connectivity index (χ1v) is 4.00. The molecule has 0 aliphatic heterocycles. The lowest BCUT2D eigenvalue weighted by Gasteiger charge is -2.01. The molecule has 2 aromatic rings. The first-order valence-electron chi connectivity index (χ1n) is 4.00. The highest BCUT2D eigenvalue weighted by Crippen LogP contribution is 2.20. The lowest BCUT2D eigenvalue weighted by Crippen LogP contribution is -1.99. The van der Waals surface area contributed by atoms with Crippen molar-refractivity contribution in [3.05, 3.63) is 35.5 Å². The van der Waals surface area contributed by atoms with Gasteiger partial charge in [0, 0.05) is 11.7 Å². The Balaban J connectivity index is 2.80. The smallest absolute Gasteiger partial charge is 0.336 e. The molecule has 0 unspecified atom stereocenters. The molecule has 0 amide bonds. The maximum atomic E-state index is 10.8. The first kappa shape index (κ1) is 7.86. The Morgan fingerprint density at radius 1 is 1.38 bits per heavy atom. The minimum absolute atomic E-state index is 0.356. The summed E-state index contributed by atoms with van der Waals surface area (Å²) in [5.74, 6) is -0.881. The van der Waals surface area contributed by atoms with E-state index in [0.29, 0.717) is 5.56 Å². The molecule has 1 aromatic heterocycles. The highest BCUT2D eigenvalue weighted by Gasteiger charge is 2.09. The molecule has 0 saturated heterocycles. The number of aromatic carboxylic acids is 1. The maximum Gasteiger partial charge on any atom is 0.336 e. The number of benzene rings is 1. The molecule has 0 aliphatic rings. The zero-order valence-corrected chi connectivity index (χ0v) is 7.16. The Morgan fingerprint density at radius 2 is 2.15 bits per heavy atom. The summed E-state index contributed by atoms with van der Waals surface area (Å²) in [4.78, 5) is 13.8. The summed E-state index contributed by atoms with van der Waals surface area (Å²) in [6, 6.07) is 5.37. The lowest BCUT2D eigenvalue weighted by atomic mass is 10.1. The van der Waals surface area contributed by atoms with Gasteiger partial charge in [-0.1, -0.05) is 6.07 Å². The number of carboxylic acid groups (broad SMARTS) is 1. The van der Waals surface area contributed by atoms with Crippen LogP contribution in [0.2, 0.25) is 0 Å². The number of hydrogen-bond donors (Lipinski definition) is 2. The number of aryl methyl sites for hydroxylation is 1. The number of nitrogens with one attached hydrogen (secondary N) is 1. The summed E-state index contributed by atoms with van der Waals surface area (Å²) in [7, 11) is 0. The van der Waals surface area contributed by atoms with Crippen LogP contribution in [0.15, 0.2) is 24.4 Å². The van der Waals surface area contributed by atoms with Gasteiger partial charge in [0.05, 0.1) is 5.56 Å². The fraction of sp³-hybridized carbons (Fsp3) is 0.100. The number of aromatic nitrogens is 1. The van der Waals surface area contributed by atoms with Crippen molar-refractivity contribution in [3.8, 4) is 0 Å². The van der Waals surface area contributed by atoms with Gasteiger partial charge in [0.15, 0.2) is 0 Å². The molecule has 2 rings (SSSR count). The van der Waals surface area contributed by atoms with E-state index in [0.717, 1.165) is 16.5 Å². The van der Waals surface area contributed by atoms with Gasteiger partial charge in [0.1, 0.15) is 0 Å². The number of aromatic amines is 1. The Morgan fingerprint density at radius 3 is 2.85 bits per heavy atom. The van der Waals surface area contributed by atoms with Crippen LogP contribution in [0.1, 0.15) is 15.9 Å². The van der Waals surface area contributed by atoms with E-state index in [1.807, 2.05) is 25.3 Å². The Hall–Kier alpha value is -1.77. The Bertz CT molecular complexity index is 471.